The summed E-state index contributed by atoms with van der Waals surface area (Å²) in [5, 5.41) is 4.40. The predicted octanol–water partition coefficient (Wildman–Crippen LogP) is 3.89. The van der Waals surface area contributed by atoms with Crippen LogP contribution in [0.15, 0.2) is 51.1 Å². The number of imidazole rings is 1. The summed E-state index contributed by atoms with van der Waals surface area (Å²) in [5.74, 6) is 0.449. The van der Waals surface area contributed by atoms with Crippen molar-refractivity contribution >= 4 is 28.9 Å². The number of anilines is 1. The fourth-order valence-electron chi connectivity index (χ4n) is 3.37. The van der Waals surface area contributed by atoms with Crippen LogP contribution in [-0.2, 0) is 13.6 Å². The highest BCUT2D eigenvalue weighted by Gasteiger charge is 2.16. The maximum absolute atomic E-state index is 12.5. The highest BCUT2D eigenvalue weighted by atomic mass is 16.2. The van der Waals surface area contributed by atoms with Gasteiger partial charge >= 0.3 is 5.69 Å². The van der Waals surface area contributed by atoms with Crippen molar-refractivity contribution in [2.75, 3.05) is 5.43 Å². The number of nitrogens with zero attached hydrogens (tertiary/aromatic N) is 4. The molecule has 31 heavy (non-hydrogen) atoms. The van der Waals surface area contributed by atoms with Crippen molar-refractivity contribution in [1.82, 2.24) is 19.1 Å². The second-order valence-corrected chi connectivity index (χ2v) is 7.60. The molecule has 164 valence electrons. The number of hydrogen-bond acceptors (Lipinski definition) is 5. The Hall–Kier alpha value is -3.42. The number of hydrazone groups is 1. The maximum Gasteiger partial charge on any atom is 0.329 e. The third-order valence-electron chi connectivity index (χ3n) is 5.14. The SMILES string of the molecule is CCCCCCCn1c(NN=C(C)C=Cc2ccccc2)nc2c1c(=O)[nH]c(=O)n2C. The van der Waals surface area contributed by atoms with E-state index in [0.29, 0.717) is 23.7 Å². The van der Waals surface area contributed by atoms with E-state index < -0.39 is 11.2 Å². The average molecular weight is 423 g/mol. The van der Waals surface area contributed by atoms with Crippen LogP contribution >= 0.6 is 0 Å². The van der Waals surface area contributed by atoms with Gasteiger partial charge in [0.2, 0.25) is 5.95 Å². The molecule has 2 heterocycles. The third kappa shape index (κ3) is 5.59. The Balaban J connectivity index is 1.87. The highest BCUT2D eigenvalue weighted by molar-refractivity contribution is 5.96. The Labute approximate surface area is 181 Å². The molecule has 0 unspecified atom stereocenters. The van der Waals surface area contributed by atoms with E-state index >= 15 is 0 Å². The lowest BCUT2D eigenvalue weighted by molar-refractivity contribution is 0.577. The van der Waals surface area contributed by atoms with Crippen LogP contribution in [0.3, 0.4) is 0 Å². The van der Waals surface area contributed by atoms with Crippen molar-refractivity contribution < 1.29 is 0 Å². The first-order valence-electron chi connectivity index (χ1n) is 10.7. The van der Waals surface area contributed by atoms with Crippen molar-refractivity contribution in [3.8, 4) is 0 Å². The van der Waals surface area contributed by atoms with Gasteiger partial charge in [-0.1, -0.05) is 69.0 Å². The number of allylic oxidation sites excluding steroid dienone is 1. The molecule has 0 radical (unpaired) electrons. The Morgan fingerprint density at radius 1 is 1.16 bits per heavy atom. The molecule has 3 aromatic rings. The summed E-state index contributed by atoms with van der Waals surface area (Å²) in [7, 11) is 1.60. The number of fused-ring (bicyclic) bond motifs is 1. The lowest BCUT2D eigenvalue weighted by Crippen LogP contribution is -2.29. The van der Waals surface area contributed by atoms with Gasteiger partial charge in [-0.3, -0.25) is 14.3 Å². The summed E-state index contributed by atoms with van der Waals surface area (Å²) >= 11 is 0. The smallest absolute Gasteiger partial charge is 0.303 e. The van der Waals surface area contributed by atoms with Gasteiger partial charge in [0.25, 0.3) is 5.56 Å². The Bertz CT molecular complexity index is 1180. The van der Waals surface area contributed by atoms with E-state index in [-0.39, 0.29) is 0 Å². The van der Waals surface area contributed by atoms with E-state index in [2.05, 4.69) is 27.4 Å². The van der Waals surface area contributed by atoms with Crippen molar-refractivity contribution in [1.29, 1.82) is 0 Å². The molecule has 0 saturated carbocycles. The van der Waals surface area contributed by atoms with E-state index in [1.165, 1.54) is 17.4 Å². The van der Waals surface area contributed by atoms with E-state index in [1.54, 1.807) is 7.05 Å². The van der Waals surface area contributed by atoms with E-state index in [1.807, 2.05) is 54.0 Å². The van der Waals surface area contributed by atoms with Crippen LogP contribution in [0.4, 0.5) is 5.95 Å². The number of aromatic amines is 1. The lowest BCUT2D eigenvalue weighted by atomic mass is 10.1. The van der Waals surface area contributed by atoms with E-state index in [9.17, 15) is 9.59 Å². The lowest BCUT2D eigenvalue weighted by Gasteiger charge is -2.08. The molecule has 8 heteroatoms. The number of H-pyrrole nitrogens is 1. The molecule has 1 aromatic carbocycles. The Kier molecular flexibility index (Phi) is 7.59. The topological polar surface area (TPSA) is 97.1 Å². The zero-order chi connectivity index (χ0) is 22.2. The summed E-state index contributed by atoms with van der Waals surface area (Å²) < 4.78 is 3.17. The van der Waals surface area contributed by atoms with Gasteiger partial charge in [-0.25, -0.2) is 10.2 Å². The van der Waals surface area contributed by atoms with Crippen molar-refractivity contribution in [3.05, 3.63) is 62.8 Å². The van der Waals surface area contributed by atoms with Crippen LogP contribution in [0.1, 0.15) is 51.5 Å². The molecule has 3 rings (SSSR count). The Morgan fingerprint density at radius 3 is 2.65 bits per heavy atom. The summed E-state index contributed by atoms with van der Waals surface area (Å²) in [4.78, 5) is 31.4. The van der Waals surface area contributed by atoms with Gasteiger partial charge in [0, 0.05) is 13.6 Å². The number of rotatable bonds is 10. The summed E-state index contributed by atoms with van der Waals surface area (Å²) in [6.07, 6.45) is 9.39. The third-order valence-corrected chi connectivity index (χ3v) is 5.14. The van der Waals surface area contributed by atoms with Gasteiger partial charge in [-0.2, -0.15) is 10.1 Å². The number of hydrogen-bond donors (Lipinski definition) is 2. The predicted molar refractivity (Wildman–Crippen MR) is 127 cm³/mol. The maximum atomic E-state index is 12.5. The number of benzene rings is 1. The van der Waals surface area contributed by atoms with Gasteiger partial charge in [0.1, 0.15) is 0 Å². The van der Waals surface area contributed by atoms with Crippen molar-refractivity contribution in [2.24, 2.45) is 12.1 Å². The normalized spacial score (nSPS) is 12.2. The molecule has 2 N–H and O–H groups in total. The molecule has 0 aliphatic carbocycles. The van der Waals surface area contributed by atoms with Crippen LogP contribution in [-0.4, -0.2) is 24.8 Å². The van der Waals surface area contributed by atoms with Gasteiger partial charge in [-0.15, -0.1) is 0 Å². The van der Waals surface area contributed by atoms with Crippen molar-refractivity contribution in [2.45, 2.75) is 52.5 Å². The molecule has 0 amide bonds. The van der Waals surface area contributed by atoms with Gasteiger partial charge in [0.05, 0.1) is 5.71 Å². The number of aryl methyl sites for hydroxylation is 2. The largest absolute Gasteiger partial charge is 0.329 e. The molecular weight excluding hydrogens is 392 g/mol. The molecule has 0 aliphatic rings. The van der Waals surface area contributed by atoms with E-state index in [0.717, 1.165) is 30.5 Å². The second kappa shape index (κ2) is 10.6. The number of unbranched alkanes of at least 4 members (excludes halogenated alkanes) is 4. The highest BCUT2D eigenvalue weighted by Crippen LogP contribution is 2.17. The first-order chi connectivity index (χ1) is 15.0. The number of aromatic nitrogens is 4. The minimum atomic E-state index is -0.484. The van der Waals surface area contributed by atoms with Gasteiger partial charge in [-0.05, 0) is 25.0 Å². The van der Waals surface area contributed by atoms with Crippen LogP contribution < -0.4 is 16.7 Å². The fraction of sp³-hybridized carbons (Fsp3) is 0.391. The molecule has 8 nitrogen and oxygen atoms in total. The van der Waals surface area contributed by atoms with Gasteiger partial charge < -0.3 is 4.57 Å². The van der Waals surface area contributed by atoms with E-state index in [4.69, 9.17) is 0 Å². The van der Waals surface area contributed by atoms with Crippen LogP contribution in [0, 0.1) is 0 Å². The number of nitrogens with one attached hydrogen (secondary N) is 2. The second-order valence-electron chi connectivity index (χ2n) is 7.60. The summed E-state index contributed by atoms with van der Waals surface area (Å²) in [5.41, 5.74) is 4.63. The molecule has 0 spiro atoms. The first-order valence-corrected chi connectivity index (χ1v) is 10.7. The van der Waals surface area contributed by atoms with Crippen LogP contribution in [0.25, 0.3) is 17.2 Å². The summed E-state index contributed by atoms with van der Waals surface area (Å²) in [6, 6.07) is 9.97. The van der Waals surface area contributed by atoms with Gasteiger partial charge in [0.15, 0.2) is 11.2 Å². The van der Waals surface area contributed by atoms with Crippen molar-refractivity contribution in [3.63, 3.8) is 0 Å². The molecule has 0 aliphatic heterocycles. The molecule has 0 atom stereocenters. The average Bonchev–Trinajstić information content (AvgIpc) is 3.14. The first kappa shape index (κ1) is 22.3. The van der Waals surface area contributed by atoms with Crippen LogP contribution in [0.2, 0.25) is 0 Å². The molecule has 0 bridgehead atoms. The minimum absolute atomic E-state index is 0.345. The fourth-order valence-corrected chi connectivity index (χ4v) is 3.37. The molecular formula is C23H30N6O2. The standard InChI is InChI=1S/C23H30N6O2/c1-4-5-6-7-11-16-29-19-20(28(3)23(31)25-21(19)30)24-22(29)27-26-17(2)14-15-18-12-9-8-10-13-18/h8-10,12-15H,4-7,11,16H2,1-3H3,(H,24,27)(H,25,30,31). The minimum Gasteiger partial charge on any atom is -0.303 e. The Morgan fingerprint density at radius 2 is 1.90 bits per heavy atom. The van der Waals surface area contributed by atoms with Crippen LogP contribution in [0.5, 0.6) is 0 Å². The molecule has 0 saturated heterocycles. The molecule has 2 aromatic heterocycles. The zero-order valence-corrected chi connectivity index (χ0v) is 18.4. The quantitative estimate of drug-likeness (QED) is 0.294. The molecule has 0 fully saturated rings. The zero-order valence-electron chi connectivity index (χ0n) is 18.4. The monoisotopic (exact) mass is 422 g/mol. The summed E-state index contributed by atoms with van der Waals surface area (Å²) in [6.45, 7) is 4.68.